The molecule has 1 fully saturated rings. The van der Waals surface area contributed by atoms with Gasteiger partial charge in [-0.2, -0.15) is 4.31 Å². The Bertz CT molecular complexity index is 680. The third kappa shape index (κ3) is 4.08. The van der Waals surface area contributed by atoms with Gasteiger partial charge in [0.25, 0.3) is 5.69 Å². The lowest BCUT2D eigenvalue weighted by molar-refractivity contribution is -0.384. The van der Waals surface area contributed by atoms with E-state index in [1.165, 1.54) is 16.4 Å². The number of nitrogens with one attached hydrogen (secondary N) is 1. The summed E-state index contributed by atoms with van der Waals surface area (Å²) in [5.41, 5.74) is 0.0347. The van der Waals surface area contributed by atoms with Gasteiger partial charge in [-0.3, -0.25) is 10.1 Å². The molecule has 0 spiro atoms. The largest absolute Gasteiger partial charge is 0.376 e. The quantitative estimate of drug-likeness (QED) is 0.489. The van der Waals surface area contributed by atoms with Crippen LogP contribution in [-0.2, 0) is 10.0 Å². The second kappa shape index (κ2) is 7.56. The zero-order valence-electron chi connectivity index (χ0n) is 12.9. The number of anilines is 1. The van der Waals surface area contributed by atoms with E-state index in [4.69, 9.17) is 0 Å². The van der Waals surface area contributed by atoms with E-state index in [0.29, 0.717) is 19.6 Å². The summed E-state index contributed by atoms with van der Waals surface area (Å²) in [4.78, 5) is 10.6. The minimum Gasteiger partial charge on any atom is -0.376 e. The molecule has 7 nitrogen and oxygen atoms in total. The average molecular weight is 339 g/mol. The van der Waals surface area contributed by atoms with Crippen LogP contribution in [0.5, 0.6) is 0 Å². The van der Waals surface area contributed by atoms with Crippen molar-refractivity contribution in [3.8, 4) is 0 Å². The van der Waals surface area contributed by atoms with Crippen LogP contribution in [0.25, 0.3) is 0 Å². The van der Waals surface area contributed by atoms with Gasteiger partial charge in [0.05, 0.1) is 9.82 Å². The highest BCUT2D eigenvalue weighted by molar-refractivity contribution is 7.89. The Labute approximate surface area is 136 Å². The minimum absolute atomic E-state index is 0.0322. The molecule has 126 valence electrons. The van der Waals surface area contributed by atoms with Crippen LogP contribution < -0.4 is 5.32 Å². The molecule has 0 aromatic heterocycles. The minimum atomic E-state index is -3.70. The van der Waals surface area contributed by atoms with Crippen molar-refractivity contribution in [3.05, 3.63) is 41.0 Å². The number of hydrogen-bond acceptors (Lipinski definition) is 5. The summed E-state index contributed by atoms with van der Waals surface area (Å²) in [7, 11) is -3.70. The van der Waals surface area contributed by atoms with Gasteiger partial charge in [-0.15, -0.1) is 6.58 Å². The summed E-state index contributed by atoms with van der Waals surface area (Å²) in [5, 5.41) is 14.1. The normalized spacial score (nSPS) is 16.5. The standard InChI is InChI=1S/C15H21N3O4S/c1-2-9-16-14-8-7-13(12-15(14)18(19)20)23(21,22)17-10-5-3-4-6-11-17/h2,7-8,12,16H,1,3-6,9-11H2. The molecule has 0 unspecified atom stereocenters. The molecule has 1 saturated heterocycles. The van der Waals surface area contributed by atoms with E-state index < -0.39 is 14.9 Å². The topological polar surface area (TPSA) is 92.6 Å². The highest BCUT2D eigenvalue weighted by Crippen LogP contribution is 2.29. The fourth-order valence-electron chi connectivity index (χ4n) is 2.59. The lowest BCUT2D eigenvalue weighted by Gasteiger charge is -2.20. The second-order valence-corrected chi connectivity index (χ2v) is 7.36. The Balaban J connectivity index is 2.36. The Morgan fingerprint density at radius 2 is 1.91 bits per heavy atom. The van der Waals surface area contributed by atoms with Crippen LogP contribution in [0.4, 0.5) is 11.4 Å². The molecule has 8 heteroatoms. The van der Waals surface area contributed by atoms with Crippen molar-refractivity contribution in [1.29, 1.82) is 0 Å². The highest BCUT2D eigenvalue weighted by atomic mass is 32.2. The third-order valence-electron chi connectivity index (χ3n) is 3.81. The molecule has 0 amide bonds. The predicted octanol–water partition coefficient (Wildman–Crippen LogP) is 2.76. The lowest BCUT2D eigenvalue weighted by Crippen LogP contribution is -2.32. The number of sulfonamides is 1. The molecule has 1 aliphatic heterocycles. The van der Waals surface area contributed by atoms with E-state index in [1.807, 2.05) is 0 Å². The van der Waals surface area contributed by atoms with Gasteiger partial charge < -0.3 is 5.32 Å². The van der Waals surface area contributed by atoms with Gasteiger partial charge in [-0.1, -0.05) is 18.9 Å². The van der Waals surface area contributed by atoms with Gasteiger partial charge in [0.1, 0.15) is 5.69 Å². The first kappa shape index (κ1) is 17.4. The SMILES string of the molecule is C=CCNc1ccc(S(=O)(=O)N2CCCCCC2)cc1[N+](=O)[O-]. The van der Waals surface area contributed by atoms with E-state index in [9.17, 15) is 18.5 Å². The Morgan fingerprint density at radius 1 is 1.26 bits per heavy atom. The van der Waals surface area contributed by atoms with Crippen molar-refractivity contribution in [1.82, 2.24) is 4.31 Å². The van der Waals surface area contributed by atoms with Crippen molar-refractivity contribution in [3.63, 3.8) is 0 Å². The summed E-state index contributed by atoms with van der Waals surface area (Å²) in [5.74, 6) is 0. The average Bonchev–Trinajstić information content (AvgIpc) is 2.82. The van der Waals surface area contributed by atoms with Gasteiger partial charge in [-0.05, 0) is 25.0 Å². The van der Waals surface area contributed by atoms with Crippen LogP contribution in [0.1, 0.15) is 25.7 Å². The number of rotatable bonds is 6. The predicted molar refractivity (Wildman–Crippen MR) is 89.0 cm³/mol. The third-order valence-corrected chi connectivity index (χ3v) is 5.70. The molecule has 0 aliphatic carbocycles. The van der Waals surface area contributed by atoms with E-state index >= 15 is 0 Å². The Morgan fingerprint density at radius 3 is 2.48 bits per heavy atom. The van der Waals surface area contributed by atoms with Crippen molar-refractivity contribution >= 4 is 21.4 Å². The summed E-state index contributed by atoms with van der Waals surface area (Å²) < 4.78 is 26.8. The number of nitrogens with zero attached hydrogens (tertiary/aromatic N) is 2. The number of nitro benzene ring substituents is 1. The molecule has 1 aromatic rings. The van der Waals surface area contributed by atoms with Crippen LogP contribution in [0, 0.1) is 10.1 Å². The van der Waals surface area contributed by atoms with Crippen molar-refractivity contribution < 1.29 is 13.3 Å². The lowest BCUT2D eigenvalue weighted by atomic mass is 10.2. The fourth-order valence-corrected chi connectivity index (χ4v) is 4.12. The van der Waals surface area contributed by atoms with Crippen LogP contribution in [0.2, 0.25) is 0 Å². The molecule has 23 heavy (non-hydrogen) atoms. The number of benzene rings is 1. The molecular weight excluding hydrogens is 318 g/mol. The first-order chi connectivity index (χ1) is 11.0. The number of hydrogen-bond donors (Lipinski definition) is 1. The Kier molecular flexibility index (Phi) is 5.73. The van der Waals surface area contributed by atoms with E-state index in [0.717, 1.165) is 31.7 Å². The first-order valence-electron chi connectivity index (χ1n) is 7.60. The zero-order valence-corrected chi connectivity index (χ0v) is 13.7. The fraction of sp³-hybridized carbons (Fsp3) is 0.467. The van der Waals surface area contributed by atoms with Gasteiger partial charge in [0, 0.05) is 25.7 Å². The highest BCUT2D eigenvalue weighted by Gasteiger charge is 2.27. The Hall–Kier alpha value is -1.93. The maximum Gasteiger partial charge on any atom is 0.293 e. The molecule has 0 saturated carbocycles. The molecule has 0 atom stereocenters. The van der Waals surface area contributed by atoms with E-state index in [-0.39, 0.29) is 16.3 Å². The molecular formula is C15H21N3O4S. The van der Waals surface area contributed by atoms with Gasteiger partial charge in [0.15, 0.2) is 0 Å². The van der Waals surface area contributed by atoms with Crippen LogP contribution in [0.3, 0.4) is 0 Å². The second-order valence-electron chi connectivity index (χ2n) is 5.42. The molecule has 0 radical (unpaired) electrons. The smallest absolute Gasteiger partial charge is 0.293 e. The first-order valence-corrected chi connectivity index (χ1v) is 9.04. The molecule has 1 aliphatic rings. The monoisotopic (exact) mass is 339 g/mol. The maximum absolute atomic E-state index is 12.7. The molecule has 0 bridgehead atoms. The van der Waals surface area contributed by atoms with Crippen LogP contribution in [-0.4, -0.2) is 37.3 Å². The summed E-state index contributed by atoms with van der Waals surface area (Å²) >= 11 is 0. The van der Waals surface area contributed by atoms with Crippen molar-refractivity contribution in [2.24, 2.45) is 0 Å². The van der Waals surface area contributed by atoms with E-state index in [1.54, 1.807) is 6.08 Å². The van der Waals surface area contributed by atoms with Gasteiger partial charge in [0.2, 0.25) is 10.0 Å². The van der Waals surface area contributed by atoms with Gasteiger partial charge >= 0.3 is 0 Å². The summed E-state index contributed by atoms with van der Waals surface area (Å²) in [6.45, 7) is 4.83. The summed E-state index contributed by atoms with van der Waals surface area (Å²) in [6, 6.07) is 3.98. The van der Waals surface area contributed by atoms with Crippen molar-refractivity contribution in [2.75, 3.05) is 25.0 Å². The van der Waals surface area contributed by atoms with Crippen LogP contribution >= 0.6 is 0 Å². The van der Waals surface area contributed by atoms with E-state index in [2.05, 4.69) is 11.9 Å². The molecule has 1 heterocycles. The number of nitro groups is 1. The summed E-state index contributed by atoms with van der Waals surface area (Å²) in [6.07, 6.45) is 5.24. The van der Waals surface area contributed by atoms with Crippen LogP contribution in [0.15, 0.2) is 35.7 Å². The zero-order chi connectivity index (χ0) is 16.9. The molecule has 2 rings (SSSR count). The maximum atomic E-state index is 12.7. The molecule has 1 aromatic carbocycles. The van der Waals surface area contributed by atoms with Crippen molar-refractivity contribution in [2.45, 2.75) is 30.6 Å². The molecule has 1 N–H and O–H groups in total. The van der Waals surface area contributed by atoms with Gasteiger partial charge in [-0.25, -0.2) is 8.42 Å².